The second kappa shape index (κ2) is 7.26. The Morgan fingerprint density at radius 2 is 2.00 bits per heavy atom. The topological polar surface area (TPSA) is 46.9 Å². The lowest BCUT2D eigenvalue weighted by Crippen LogP contribution is -2.25. The first-order valence-corrected chi connectivity index (χ1v) is 9.01. The van der Waals surface area contributed by atoms with Crippen LogP contribution in [0, 0.1) is 5.92 Å². The van der Waals surface area contributed by atoms with Crippen LogP contribution in [0.15, 0.2) is 48.6 Å². The highest BCUT2D eigenvalue weighted by atomic mass is 16.2. The molecule has 0 fully saturated rings. The summed E-state index contributed by atoms with van der Waals surface area (Å²) in [6, 6.07) is 12.2. The fraction of sp³-hybridized carbons (Fsp3) is 0.429. The van der Waals surface area contributed by atoms with Crippen molar-refractivity contribution in [3.05, 3.63) is 59.8 Å². The SMILES string of the molecule is CC(C)(C)c1cc(NC(=O)[C@H]2CC=CCC2)n(Cc2ccccc2)n1. The molecule has 0 aliphatic heterocycles. The van der Waals surface area contributed by atoms with E-state index in [1.165, 1.54) is 5.56 Å². The molecule has 25 heavy (non-hydrogen) atoms. The Labute approximate surface area is 149 Å². The number of carbonyl (C=O) groups is 1. The summed E-state index contributed by atoms with van der Waals surface area (Å²) in [7, 11) is 0. The van der Waals surface area contributed by atoms with Crippen molar-refractivity contribution in [2.75, 3.05) is 5.32 Å². The van der Waals surface area contributed by atoms with Gasteiger partial charge in [-0.3, -0.25) is 4.79 Å². The fourth-order valence-corrected chi connectivity index (χ4v) is 3.02. The van der Waals surface area contributed by atoms with E-state index < -0.39 is 0 Å². The first-order valence-electron chi connectivity index (χ1n) is 9.01. The van der Waals surface area contributed by atoms with Gasteiger partial charge in [0.2, 0.25) is 5.91 Å². The van der Waals surface area contributed by atoms with E-state index in [0.717, 1.165) is 30.8 Å². The van der Waals surface area contributed by atoms with E-state index in [9.17, 15) is 4.79 Å². The molecule has 0 bridgehead atoms. The van der Waals surface area contributed by atoms with Gasteiger partial charge in [0, 0.05) is 17.4 Å². The molecule has 4 heteroatoms. The maximum Gasteiger partial charge on any atom is 0.228 e. The van der Waals surface area contributed by atoms with Crippen LogP contribution >= 0.6 is 0 Å². The van der Waals surface area contributed by atoms with Crippen LogP contribution in [0.25, 0.3) is 0 Å². The van der Waals surface area contributed by atoms with Crippen molar-refractivity contribution < 1.29 is 4.79 Å². The number of rotatable bonds is 4. The Hall–Kier alpha value is -2.36. The van der Waals surface area contributed by atoms with Gasteiger partial charge in [0.05, 0.1) is 12.2 Å². The highest BCUT2D eigenvalue weighted by Gasteiger charge is 2.23. The van der Waals surface area contributed by atoms with Gasteiger partial charge in [0.15, 0.2) is 0 Å². The predicted molar refractivity (Wildman–Crippen MR) is 102 cm³/mol. The van der Waals surface area contributed by atoms with Gasteiger partial charge < -0.3 is 5.32 Å². The average Bonchev–Trinajstić information content (AvgIpc) is 2.99. The second-order valence-corrected chi connectivity index (χ2v) is 7.78. The molecule has 1 heterocycles. The Kier molecular flexibility index (Phi) is 5.07. The number of benzene rings is 1. The monoisotopic (exact) mass is 337 g/mol. The fourth-order valence-electron chi connectivity index (χ4n) is 3.02. The Balaban J connectivity index is 1.84. The molecule has 1 N–H and O–H groups in total. The quantitative estimate of drug-likeness (QED) is 0.834. The minimum atomic E-state index is -0.0605. The smallest absolute Gasteiger partial charge is 0.228 e. The maximum absolute atomic E-state index is 12.6. The van der Waals surface area contributed by atoms with Crippen molar-refractivity contribution in [1.82, 2.24) is 9.78 Å². The van der Waals surface area contributed by atoms with Crippen molar-refractivity contribution in [3.63, 3.8) is 0 Å². The number of nitrogens with one attached hydrogen (secondary N) is 1. The lowest BCUT2D eigenvalue weighted by Gasteiger charge is -2.17. The van der Waals surface area contributed by atoms with E-state index in [2.05, 4.69) is 50.4 Å². The molecule has 1 amide bonds. The number of allylic oxidation sites excluding steroid dienone is 2. The number of aromatic nitrogens is 2. The summed E-state index contributed by atoms with van der Waals surface area (Å²) < 4.78 is 1.91. The molecule has 0 saturated carbocycles. The summed E-state index contributed by atoms with van der Waals surface area (Å²) >= 11 is 0. The minimum Gasteiger partial charge on any atom is -0.311 e. The molecule has 0 unspecified atom stereocenters. The Morgan fingerprint density at radius 3 is 2.64 bits per heavy atom. The number of hydrogen-bond donors (Lipinski definition) is 1. The van der Waals surface area contributed by atoms with Crippen LogP contribution in [-0.2, 0) is 16.8 Å². The first-order chi connectivity index (χ1) is 11.9. The molecule has 1 aliphatic carbocycles. The average molecular weight is 337 g/mol. The van der Waals surface area contributed by atoms with Crippen molar-refractivity contribution in [3.8, 4) is 0 Å². The summed E-state index contributed by atoms with van der Waals surface area (Å²) in [4.78, 5) is 12.6. The highest BCUT2D eigenvalue weighted by molar-refractivity contribution is 5.92. The molecule has 1 aliphatic rings. The van der Waals surface area contributed by atoms with Gasteiger partial charge in [-0.1, -0.05) is 63.3 Å². The minimum absolute atomic E-state index is 0.0585. The number of anilines is 1. The molecule has 3 rings (SSSR count). The van der Waals surface area contributed by atoms with Crippen molar-refractivity contribution >= 4 is 11.7 Å². The van der Waals surface area contributed by atoms with E-state index in [4.69, 9.17) is 5.10 Å². The standard InChI is InChI=1S/C21H27N3O/c1-21(2,3)18-14-19(22-20(25)17-12-8-5-9-13-17)24(23-18)15-16-10-6-4-7-11-16/h4-8,10-11,14,17H,9,12-13,15H2,1-3H3,(H,22,25)/t17-/m0/s1. The molecule has 2 aromatic rings. The largest absolute Gasteiger partial charge is 0.311 e. The van der Waals surface area contributed by atoms with Gasteiger partial charge in [-0.25, -0.2) is 4.68 Å². The zero-order valence-corrected chi connectivity index (χ0v) is 15.3. The normalized spacial score (nSPS) is 17.5. The molecule has 0 saturated heterocycles. The van der Waals surface area contributed by atoms with Crippen LogP contribution in [0.5, 0.6) is 0 Å². The number of nitrogens with zero attached hydrogens (tertiary/aromatic N) is 2. The Morgan fingerprint density at radius 1 is 1.24 bits per heavy atom. The van der Waals surface area contributed by atoms with E-state index in [1.54, 1.807) is 0 Å². The van der Waals surface area contributed by atoms with Crippen LogP contribution in [0.1, 0.15) is 51.3 Å². The first kappa shape index (κ1) is 17.5. The highest BCUT2D eigenvalue weighted by Crippen LogP contribution is 2.26. The van der Waals surface area contributed by atoms with E-state index in [0.29, 0.717) is 6.54 Å². The third-order valence-corrected chi connectivity index (χ3v) is 4.61. The lowest BCUT2D eigenvalue weighted by molar-refractivity contribution is -0.120. The van der Waals surface area contributed by atoms with Crippen LogP contribution < -0.4 is 5.32 Å². The molecular formula is C21H27N3O. The van der Waals surface area contributed by atoms with Crippen molar-refractivity contribution in [2.24, 2.45) is 5.92 Å². The predicted octanol–water partition coefficient (Wildman–Crippen LogP) is 4.52. The zero-order chi connectivity index (χ0) is 17.9. The number of carbonyl (C=O) groups excluding carboxylic acids is 1. The van der Waals surface area contributed by atoms with Gasteiger partial charge in [0.1, 0.15) is 5.82 Å². The molecule has 1 aromatic carbocycles. The third-order valence-electron chi connectivity index (χ3n) is 4.61. The third kappa shape index (κ3) is 4.38. The summed E-state index contributed by atoms with van der Waals surface area (Å²) in [5.74, 6) is 0.940. The second-order valence-electron chi connectivity index (χ2n) is 7.78. The van der Waals surface area contributed by atoms with Crippen molar-refractivity contribution in [1.29, 1.82) is 0 Å². The molecule has 0 spiro atoms. The summed E-state index contributed by atoms with van der Waals surface area (Å²) in [5.41, 5.74) is 2.10. The van der Waals surface area contributed by atoms with Gasteiger partial charge in [-0.2, -0.15) is 5.10 Å². The zero-order valence-electron chi connectivity index (χ0n) is 15.3. The van der Waals surface area contributed by atoms with Crippen LogP contribution in [0.2, 0.25) is 0 Å². The number of hydrogen-bond acceptors (Lipinski definition) is 2. The molecule has 0 radical (unpaired) electrons. The lowest BCUT2D eigenvalue weighted by atomic mass is 9.92. The molecule has 1 aromatic heterocycles. The van der Waals surface area contributed by atoms with Gasteiger partial charge in [-0.15, -0.1) is 0 Å². The Bertz CT molecular complexity index is 753. The maximum atomic E-state index is 12.6. The summed E-state index contributed by atoms with van der Waals surface area (Å²) in [6.07, 6.45) is 6.98. The summed E-state index contributed by atoms with van der Waals surface area (Å²) in [5, 5.41) is 7.88. The van der Waals surface area contributed by atoms with E-state index in [-0.39, 0.29) is 17.2 Å². The van der Waals surface area contributed by atoms with Crippen LogP contribution in [0.3, 0.4) is 0 Å². The van der Waals surface area contributed by atoms with E-state index >= 15 is 0 Å². The number of amides is 1. The molecule has 1 atom stereocenters. The molecule has 132 valence electrons. The summed E-state index contributed by atoms with van der Waals surface area (Å²) in [6.45, 7) is 7.07. The van der Waals surface area contributed by atoms with Gasteiger partial charge >= 0.3 is 0 Å². The molecule has 4 nitrogen and oxygen atoms in total. The molecular weight excluding hydrogens is 310 g/mol. The van der Waals surface area contributed by atoms with Gasteiger partial charge in [0.25, 0.3) is 0 Å². The van der Waals surface area contributed by atoms with Crippen LogP contribution in [-0.4, -0.2) is 15.7 Å². The van der Waals surface area contributed by atoms with Gasteiger partial charge in [-0.05, 0) is 24.8 Å². The van der Waals surface area contributed by atoms with Crippen LogP contribution in [0.4, 0.5) is 5.82 Å². The van der Waals surface area contributed by atoms with Crippen molar-refractivity contribution in [2.45, 2.75) is 52.0 Å². The van der Waals surface area contributed by atoms with E-state index in [1.807, 2.05) is 28.9 Å².